The van der Waals surface area contributed by atoms with Crippen LogP contribution in [0.25, 0.3) is 0 Å². The van der Waals surface area contributed by atoms with Crippen molar-refractivity contribution in [3.8, 4) is 5.88 Å². The zero-order valence-electron chi connectivity index (χ0n) is 10.5. The third kappa shape index (κ3) is 4.04. The molecule has 0 saturated carbocycles. The van der Waals surface area contributed by atoms with Crippen LogP contribution in [0.2, 0.25) is 0 Å². The van der Waals surface area contributed by atoms with Gasteiger partial charge in [-0.3, -0.25) is 9.88 Å². The molecular formula is C11H17N5O3. The van der Waals surface area contributed by atoms with Crippen molar-refractivity contribution in [2.45, 2.75) is 0 Å². The topological polar surface area (TPSA) is 106 Å². The quantitative estimate of drug-likeness (QED) is 0.314. The highest BCUT2D eigenvalue weighted by Crippen LogP contribution is 2.05. The first-order valence-electron chi connectivity index (χ1n) is 6.02. The van der Waals surface area contributed by atoms with Crippen molar-refractivity contribution in [1.82, 2.24) is 14.9 Å². The molecule has 2 rings (SSSR count). The minimum Gasteiger partial charge on any atom is -0.475 e. The molecule has 0 aromatic carbocycles. The lowest BCUT2D eigenvalue weighted by molar-refractivity contribution is 0.0320. The molecule has 1 aromatic heterocycles. The van der Waals surface area contributed by atoms with Gasteiger partial charge in [0.05, 0.1) is 25.6 Å². The fourth-order valence-corrected chi connectivity index (χ4v) is 1.70. The van der Waals surface area contributed by atoms with Gasteiger partial charge in [0.2, 0.25) is 5.88 Å². The molecular weight excluding hydrogens is 250 g/mol. The molecule has 1 fully saturated rings. The Morgan fingerprint density at radius 1 is 1.47 bits per heavy atom. The maximum Gasteiger partial charge on any atom is 0.233 e. The predicted molar refractivity (Wildman–Crippen MR) is 67.3 cm³/mol. The second kappa shape index (κ2) is 6.86. The van der Waals surface area contributed by atoms with E-state index in [0.717, 1.165) is 32.8 Å². The zero-order valence-corrected chi connectivity index (χ0v) is 10.5. The van der Waals surface area contributed by atoms with E-state index in [1.165, 1.54) is 12.4 Å². The van der Waals surface area contributed by atoms with Crippen LogP contribution >= 0.6 is 0 Å². The number of amidine groups is 1. The highest BCUT2D eigenvalue weighted by Gasteiger charge is 2.10. The third-order valence-electron chi connectivity index (χ3n) is 2.74. The van der Waals surface area contributed by atoms with Gasteiger partial charge in [0, 0.05) is 19.6 Å². The van der Waals surface area contributed by atoms with Gasteiger partial charge in [0.25, 0.3) is 0 Å². The average Bonchev–Trinajstić information content (AvgIpc) is 2.48. The first kappa shape index (κ1) is 13.5. The van der Waals surface area contributed by atoms with Crippen molar-refractivity contribution in [3.05, 3.63) is 18.1 Å². The maximum absolute atomic E-state index is 8.56. The van der Waals surface area contributed by atoms with Gasteiger partial charge in [-0.2, -0.15) is 0 Å². The van der Waals surface area contributed by atoms with Gasteiger partial charge in [-0.1, -0.05) is 5.16 Å². The summed E-state index contributed by atoms with van der Waals surface area (Å²) in [5.74, 6) is 0.267. The summed E-state index contributed by atoms with van der Waals surface area (Å²) >= 11 is 0. The van der Waals surface area contributed by atoms with Gasteiger partial charge in [-0.15, -0.1) is 0 Å². The summed E-state index contributed by atoms with van der Waals surface area (Å²) in [7, 11) is 0. The minimum absolute atomic E-state index is 0.0915. The minimum atomic E-state index is -0.0915. The van der Waals surface area contributed by atoms with Crippen LogP contribution in [-0.4, -0.2) is 65.4 Å². The Labute approximate surface area is 110 Å². The molecule has 1 aliphatic heterocycles. The normalized spacial score (nSPS) is 17.4. The molecule has 0 bridgehead atoms. The molecule has 0 amide bonds. The molecule has 104 valence electrons. The van der Waals surface area contributed by atoms with Gasteiger partial charge in [-0.25, -0.2) is 4.98 Å². The van der Waals surface area contributed by atoms with Gasteiger partial charge in [-0.05, 0) is 0 Å². The van der Waals surface area contributed by atoms with Crippen LogP contribution in [0.3, 0.4) is 0 Å². The van der Waals surface area contributed by atoms with E-state index in [4.69, 9.17) is 20.4 Å². The molecule has 0 spiro atoms. The Hall–Kier alpha value is -1.93. The third-order valence-corrected chi connectivity index (χ3v) is 2.74. The van der Waals surface area contributed by atoms with Crippen molar-refractivity contribution in [1.29, 1.82) is 0 Å². The van der Waals surface area contributed by atoms with Crippen molar-refractivity contribution < 1.29 is 14.7 Å². The van der Waals surface area contributed by atoms with Crippen LogP contribution in [0.15, 0.2) is 17.5 Å². The first-order valence-corrected chi connectivity index (χ1v) is 6.02. The molecule has 0 radical (unpaired) electrons. The van der Waals surface area contributed by atoms with Gasteiger partial charge in [0.1, 0.15) is 12.3 Å². The summed E-state index contributed by atoms with van der Waals surface area (Å²) in [6.07, 6.45) is 2.90. The van der Waals surface area contributed by atoms with E-state index in [1.807, 2.05) is 0 Å². The molecule has 2 heterocycles. The monoisotopic (exact) mass is 267 g/mol. The lowest BCUT2D eigenvalue weighted by Crippen LogP contribution is -2.38. The summed E-state index contributed by atoms with van der Waals surface area (Å²) in [4.78, 5) is 10.3. The van der Waals surface area contributed by atoms with Crippen molar-refractivity contribution in [3.63, 3.8) is 0 Å². The van der Waals surface area contributed by atoms with E-state index in [-0.39, 0.29) is 11.5 Å². The Bertz CT molecular complexity index is 434. The van der Waals surface area contributed by atoms with Crippen LogP contribution in [-0.2, 0) is 4.74 Å². The lowest BCUT2D eigenvalue weighted by Gasteiger charge is -2.26. The number of nitrogens with zero attached hydrogens (tertiary/aromatic N) is 4. The molecule has 1 aromatic rings. The summed E-state index contributed by atoms with van der Waals surface area (Å²) < 4.78 is 10.8. The Balaban J connectivity index is 1.82. The zero-order chi connectivity index (χ0) is 13.5. The second-order valence-electron chi connectivity index (χ2n) is 4.03. The van der Waals surface area contributed by atoms with Crippen LogP contribution in [0.1, 0.15) is 5.69 Å². The summed E-state index contributed by atoms with van der Waals surface area (Å²) in [5.41, 5.74) is 5.71. The van der Waals surface area contributed by atoms with Crippen molar-refractivity contribution in [2.24, 2.45) is 10.9 Å². The summed E-state index contributed by atoms with van der Waals surface area (Å²) in [6.45, 7) is 4.67. The largest absolute Gasteiger partial charge is 0.475 e. The lowest BCUT2D eigenvalue weighted by atomic mass is 10.4. The molecule has 0 aliphatic carbocycles. The van der Waals surface area contributed by atoms with Crippen LogP contribution in [0.5, 0.6) is 5.88 Å². The predicted octanol–water partition coefficient (Wildman–Crippen LogP) is -0.718. The summed E-state index contributed by atoms with van der Waals surface area (Å²) in [6, 6.07) is 0. The number of rotatable bonds is 5. The van der Waals surface area contributed by atoms with Gasteiger partial charge >= 0.3 is 0 Å². The molecule has 3 N–H and O–H groups in total. The molecule has 19 heavy (non-hydrogen) atoms. The number of aromatic nitrogens is 2. The first-order chi connectivity index (χ1) is 9.29. The van der Waals surface area contributed by atoms with E-state index >= 15 is 0 Å². The molecule has 0 atom stereocenters. The number of ether oxygens (including phenoxy) is 2. The number of hydrogen-bond donors (Lipinski definition) is 2. The van der Waals surface area contributed by atoms with Gasteiger partial charge < -0.3 is 20.4 Å². The van der Waals surface area contributed by atoms with Crippen LogP contribution in [0, 0.1) is 0 Å². The van der Waals surface area contributed by atoms with E-state index in [2.05, 4.69) is 20.0 Å². The Kier molecular flexibility index (Phi) is 4.87. The van der Waals surface area contributed by atoms with Crippen molar-refractivity contribution in [2.75, 3.05) is 39.5 Å². The number of oxime groups is 1. The molecule has 8 nitrogen and oxygen atoms in total. The smallest absolute Gasteiger partial charge is 0.233 e. The summed E-state index contributed by atoms with van der Waals surface area (Å²) in [5, 5.41) is 11.4. The molecule has 1 aliphatic rings. The van der Waals surface area contributed by atoms with Crippen LogP contribution < -0.4 is 10.5 Å². The van der Waals surface area contributed by atoms with Crippen LogP contribution in [0.4, 0.5) is 0 Å². The SMILES string of the molecule is N/C(=N\O)c1cncc(OCCN2CCOCC2)n1. The van der Waals surface area contributed by atoms with Crippen molar-refractivity contribution >= 4 is 5.84 Å². The second-order valence-corrected chi connectivity index (χ2v) is 4.03. The molecule has 1 saturated heterocycles. The number of nitrogens with two attached hydrogens (primary N) is 1. The van der Waals surface area contributed by atoms with E-state index in [1.54, 1.807) is 0 Å². The highest BCUT2D eigenvalue weighted by molar-refractivity contribution is 5.94. The average molecular weight is 267 g/mol. The fourth-order valence-electron chi connectivity index (χ4n) is 1.70. The maximum atomic E-state index is 8.56. The number of morpholine rings is 1. The highest BCUT2D eigenvalue weighted by atomic mass is 16.5. The number of hydrogen-bond acceptors (Lipinski definition) is 7. The van der Waals surface area contributed by atoms with Gasteiger partial charge in [0.15, 0.2) is 5.84 Å². The standard InChI is InChI=1S/C11H17N5O3/c12-11(15-17)9-7-13-8-10(14-9)19-6-3-16-1-4-18-5-2-16/h7-8,17H,1-6H2,(H2,12,15). The fraction of sp³-hybridized carbons (Fsp3) is 0.545. The van der Waals surface area contributed by atoms with E-state index in [9.17, 15) is 0 Å². The Morgan fingerprint density at radius 2 is 2.26 bits per heavy atom. The Morgan fingerprint density at radius 3 is 3.00 bits per heavy atom. The van der Waals surface area contributed by atoms with E-state index < -0.39 is 0 Å². The molecule has 0 unspecified atom stereocenters. The molecule has 8 heteroatoms. The van der Waals surface area contributed by atoms with E-state index in [0.29, 0.717) is 12.5 Å².